The summed E-state index contributed by atoms with van der Waals surface area (Å²) >= 11 is 7.85. The van der Waals surface area contributed by atoms with E-state index < -0.39 is 0 Å². The number of thioether (sulfide) groups is 1. The summed E-state index contributed by atoms with van der Waals surface area (Å²) in [6.07, 6.45) is 5.80. The summed E-state index contributed by atoms with van der Waals surface area (Å²) in [7, 11) is 0. The Morgan fingerprint density at radius 2 is 2.08 bits per heavy atom. The molecule has 1 unspecified atom stereocenters. The first-order chi connectivity index (χ1) is 12.2. The van der Waals surface area contributed by atoms with Crippen molar-refractivity contribution < 1.29 is 0 Å². The maximum atomic E-state index is 6.21. The maximum absolute atomic E-state index is 6.21. The largest absolute Gasteiger partial charge is 0.399 e. The minimum absolute atomic E-state index is 0.102. The van der Waals surface area contributed by atoms with E-state index in [4.69, 9.17) is 17.3 Å². The summed E-state index contributed by atoms with van der Waals surface area (Å²) in [6.45, 7) is 0. The first-order valence-electron chi connectivity index (χ1n) is 7.75. The number of pyridine rings is 1. The average Bonchev–Trinajstić information content (AvgIpc) is 3.04. The molecule has 124 valence electrons. The smallest absolute Gasteiger partial charge is 0.171 e. The third-order valence-electron chi connectivity index (χ3n) is 3.79. The van der Waals surface area contributed by atoms with Gasteiger partial charge in [-0.3, -0.25) is 9.98 Å². The molecule has 0 spiro atoms. The predicted molar refractivity (Wildman–Crippen MR) is 109 cm³/mol. The lowest BCUT2D eigenvalue weighted by atomic mass is 10.1. The number of aromatic nitrogens is 1. The quantitative estimate of drug-likeness (QED) is 0.638. The Balaban J connectivity index is 1.49. The van der Waals surface area contributed by atoms with Gasteiger partial charge in [-0.2, -0.15) is 0 Å². The lowest BCUT2D eigenvalue weighted by Gasteiger charge is -2.12. The molecule has 4 rings (SSSR count). The highest BCUT2D eigenvalue weighted by atomic mass is 35.5. The second-order valence-corrected chi connectivity index (χ2v) is 7.20. The molecule has 0 bridgehead atoms. The number of aliphatic imine (C=N–C) groups is 1. The molecule has 0 aliphatic carbocycles. The fourth-order valence-electron chi connectivity index (χ4n) is 2.60. The molecule has 25 heavy (non-hydrogen) atoms. The molecule has 0 radical (unpaired) electrons. The number of nitrogens with one attached hydrogen (secondary N) is 1. The van der Waals surface area contributed by atoms with Crippen LogP contribution in [0.2, 0.25) is 5.02 Å². The van der Waals surface area contributed by atoms with E-state index in [1.165, 1.54) is 0 Å². The van der Waals surface area contributed by atoms with Gasteiger partial charge in [-0.05, 0) is 48.0 Å². The molecule has 2 aromatic carbocycles. The van der Waals surface area contributed by atoms with Gasteiger partial charge in [-0.1, -0.05) is 35.5 Å². The van der Waals surface area contributed by atoms with Crippen molar-refractivity contribution in [2.45, 2.75) is 5.50 Å². The molecule has 3 aromatic rings. The third-order valence-corrected chi connectivity index (χ3v) is 5.06. The molecule has 0 amide bonds. The number of nitrogens with zero attached hydrogens (tertiary/aromatic N) is 2. The molecule has 0 saturated heterocycles. The number of anilines is 2. The van der Waals surface area contributed by atoms with Gasteiger partial charge in [0.1, 0.15) is 0 Å². The number of rotatable bonds is 3. The van der Waals surface area contributed by atoms with Gasteiger partial charge in [-0.15, -0.1) is 0 Å². The highest BCUT2D eigenvalue weighted by Crippen LogP contribution is 2.33. The first kappa shape index (κ1) is 16.0. The van der Waals surface area contributed by atoms with Gasteiger partial charge >= 0.3 is 0 Å². The fraction of sp³-hybridized carbons (Fsp3) is 0.0526. The molecule has 3 N–H and O–H groups in total. The van der Waals surface area contributed by atoms with Gasteiger partial charge in [-0.25, -0.2) is 0 Å². The number of benzene rings is 2. The molecule has 0 saturated carbocycles. The van der Waals surface area contributed by atoms with Crippen molar-refractivity contribution in [3.8, 4) is 0 Å². The molecule has 1 aliphatic rings. The van der Waals surface area contributed by atoms with E-state index in [9.17, 15) is 0 Å². The number of hydrogen-bond acceptors (Lipinski definition) is 5. The van der Waals surface area contributed by atoms with Crippen molar-refractivity contribution in [2.75, 3.05) is 11.1 Å². The lowest BCUT2D eigenvalue weighted by molar-refractivity contribution is 1.08. The minimum Gasteiger partial charge on any atom is -0.399 e. The molecule has 2 heterocycles. The van der Waals surface area contributed by atoms with E-state index in [0.717, 1.165) is 27.1 Å². The maximum Gasteiger partial charge on any atom is 0.171 e. The van der Waals surface area contributed by atoms with Crippen molar-refractivity contribution in [2.24, 2.45) is 4.99 Å². The summed E-state index contributed by atoms with van der Waals surface area (Å²) in [5, 5.41) is 5.03. The van der Waals surface area contributed by atoms with Crippen LogP contribution in [0, 0.1) is 0 Å². The number of halogens is 1. The van der Waals surface area contributed by atoms with Crippen molar-refractivity contribution in [3.63, 3.8) is 0 Å². The SMILES string of the molecule is Nc1ccc(NC2N=C/C(=C/c3ccc4ncccc4c3)S2)c(Cl)c1. The zero-order valence-corrected chi connectivity index (χ0v) is 14.8. The van der Waals surface area contributed by atoms with Crippen LogP contribution in [-0.2, 0) is 0 Å². The van der Waals surface area contributed by atoms with Gasteiger partial charge in [0.15, 0.2) is 5.50 Å². The highest BCUT2D eigenvalue weighted by Gasteiger charge is 2.16. The summed E-state index contributed by atoms with van der Waals surface area (Å²) < 4.78 is 0. The van der Waals surface area contributed by atoms with Gasteiger partial charge in [0.2, 0.25) is 0 Å². The Labute approximate surface area is 154 Å². The Morgan fingerprint density at radius 1 is 1.16 bits per heavy atom. The van der Waals surface area contributed by atoms with Crippen molar-refractivity contribution in [1.82, 2.24) is 4.98 Å². The van der Waals surface area contributed by atoms with Crippen LogP contribution in [0.25, 0.3) is 17.0 Å². The lowest BCUT2D eigenvalue weighted by Crippen LogP contribution is -2.09. The van der Waals surface area contributed by atoms with Gasteiger partial charge in [0.25, 0.3) is 0 Å². The molecule has 1 atom stereocenters. The summed E-state index contributed by atoms with van der Waals surface area (Å²) in [5.41, 5.74) is 9.21. The van der Waals surface area contributed by atoms with Crippen LogP contribution in [0.4, 0.5) is 11.4 Å². The summed E-state index contributed by atoms with van der Waals surface area (Å²) in [6, 6.07) is 15.6. The predicted octanol–water partition coefficient (Wildman–Crippen LogP) is 5.02. The Bertz CT molecular complexity index is 1000. The molecular formula is C19H15ClN4S. The van der Waals surface area contributed by atoms with Crippen LogP contribution in [0.1, 0.15) is 5.56 Å². The Hall–Kier alpha value is -2.50. The second-order valence-electron chi connectivity index (χ2n) is 5.63. The van der Waals surface area contributed by atoms with Gasteiger partial charge in [0, 0.05) is 28.4 Å². The minimum atomic E-state index is -0.102. The third kappa shape index (κ3) is 3.62. The zero-order chi connectivity index (χ0) is 17.2. The van der Waals surface area contributed by atoms with Crippen LogP contribution in [0.5, 0.6) is 0 Å². The highest BCUT2D eigenvalue weighted by molar-refractivity contribution is 8.05. The van der Waals surface area contributed by atoms with E-state index in [0.29, 0.717) is 10.7 Å². The van der Waals surface area contributed by atoms with Crippen LogP contribution < -0.4 is 11.1 Å². The van der Waals surface area contributed by atoms with Crippen molar-refractivity contribution >= 4 is 57.9 Å². The molecule has 6 heteroatoms. The zero-order valence-electron chi connectivity index (χ0n) is 13.2. The Morgan fingerprint density at radius 3 is 2.96 bits per heavy atom. The number of nitrogen functional groups attached to an aromatic ring is 1. The Kier molecular flexibility index (Phi) is 4.34. The van der Waals surface area contributed by atoms with E-state index in [2.05, 4.69) is 39.6 Å². The van der Waals surface area contributed by atoms with E-state index in [-0.39, 0.29) is 5.50 Å². The number of nitrogens with two attached hydrogens (primary N) is 1. The molecule has 0 fully saturated rings. The summed E-state index contributed by atoms with van der Waals surface area (Å²) in [4.78, 5) is 9.92. The van der Waals surface area contributed by atoms with Crippen LogP contribution >= 0.6 is 23.4 Å². The van der Waals surface area contributed by atoms with E-state index in [1.54, 1.807) is 24.0 Å². The van der Waals surface area contributed by atoms with Gasteiger partial charge in [0.05, 0.1) is 16.2 Å². The van der Waals surface area contributed by atoms with E-state index in [1.807, 2.05) is 30.5 Å². The first-order valence-corrected chi connectivity index (χ1v) is 9.01. The molecule has 4 nitrogen and oxygen atoms in total. The van der Waals surface area contributed by atoms with Crippen LogP contribution in [0.3, 0.4) is 0 Å². The topological polar surface area (TPSA) is 63.3 Å². The van der Waals surface area contributed by atoms with Gasteiger partial charge < -0.3 is 11.1 Å². The second kappa shape index (κ2) is 6.78. The monoisotopic (exact) mass is 366 g/mol. The number of allylic oxidation sites excluding steroid dienone is 1. The summed E-state index contributed by atoms with van der Waals surface area (Å²) in [5.74, 6) is 0. The molecular weight excluding hydrogens is 352 g/mol. The van der Waals surface area contributed by atoms with Crippen molar-refractivity contribution in [1.29, 1.82) is 0 Å². The normalized spacial score (nSPS) is 18.1. The fourth-order valence-corrected chi connectivity index (χ4v) is 3.73. The van der Waals surface area contributed by atoms with E-state index >= 15 is 0 Å². The number of fused-ring (bicyclic) bond motifs is 1. The van der Waals surface area contributed by atoms with Crippen LogP contribution in [0.15, 0.2) is 64.6 Å². The standard InChI is InChI=1S/C19H15ClN4S/c20-16-10-14(21)4-6-18(16)24-19-23-11-15(25-19)9-12-3-5-17-13(8-12)2-1-7-22-17/h1-11,19,24H,21H2/b15-9-. The number of hydrogen-bond donors (Lipinski definition) is 2. The molecule has 1 aliphatic heterocycles. The van der Waals surface area contributed by atoms with Crippen LogP contribution in [-0.4, -0.2) is 16.7 Å². The average molecular weight is 367 g/mol. The molecule has 1 aromatic heterocycles. The van der Waals surface area contributed by atoms with Crippen molar-refractivity contribution in [3.05, 3.63) is 70.2 Å².